The largest absolute Gasteiger partial charge is 0.490 e. The molecule has 0 spiro atoms. The highest BCUT2D eigenvalue weighted by molar-refractivity contribution is 9.10. The van der Waals surface area contributed by atoms with E-state index in [1.165, 1.54) is 11.0 Å². The quantitative estimate of drug-likeness (QED) is 0.136. The second-order valence-electron chi connectivity index (χ2n) is 8.41. The summed E-state index contributed by atoms with van der Waals surface area (Å²) in [5.41, 5.74) is 3.82. The van der Waals surface area contributed by atoms with Crippen LogP contribution in [0.4, 0.5) is 5.95 Å². The van der Waals surface area contributed by atoms with Crippen molar-refractivity contribution in [1.29, 1.82) is 0 Å². The molecule has 0 radical (unpaired) electrons. The second-order valence-corrected chi connectivity index (χ2v) is 10.2. The number of rotatable bonds is 9. The van der Waals surface area contributed by atoms with Crippen molar-refractivity contribution < 1.29 is 4.92 Å². The standard InChI is InChI=1S/C25H21Br2N7O2.ClH/c26-19-4-8-23-17(12-19)2-6-21(29-23)14-32(10-1-11-33-16-28-25(31-33)34(35)36)15-22-7-3-18-13-20(27)5-9-24(18)30-22;/h2-9,12-13,16H,1,10-11,14-15H2;1H. The van der Waals surface area contributed by atoms with Gasteiger partial charge in [-0.25, -0.2) is 0 Å². The summed E-state index contributed by atoms with van der Waals surface area (Å²) in [5.74, 6) is -0.383. The molecule has 9 nitrogen and oxygen atoms in total. The van der Waals surface area contributed by atoms with E-state index in [9.17, 15) is 10.1 Å². The van der Waals surface area contributed by atoms with E-state index in [0.717, 1.165) is 55.1 Å². The third-order valence-corrected chi connectivity index (χ3v) is 6.72. The normalized spacial score (nSPS) is 11.2. The molecule has 37 heavy (non-hydrogen) atoms. The molecule has 0 aliphatic carbocycles. The van der Waals surface area contributed by atoms with Gasteiger partial charge in [0.15, 0.2) is 0 Å². The van der Waals surface area contributed by atoms with Crippen molar-refractivity contribution in [2.24, 2.45) is 0 Å². The zero-order valence-corrected chi connectivity index (χ0v) is 23.5. The topological polar surface area (TPSA) is 103 Å². The van der Waals surface area contributed by atoms with Crippen LogP contribution in [0.5, 0.6) is 0 Å². The van der Waals surface area contributed by atoms with Crippen molar-refractivity contribution in [2.75, 3.05) is 6.54 Å². The fourth-order valence-corrected chi connectivity index (χ4v) is 4.82. The van der Waals surface area contributed by atoms with E-state index < -0.39 is 4.92 Å². The number of aromatic nitrogens is 5. The van der Waals surface area contributed by atoms with Gasteiger partial charge in [0.05, 0.1) is 29.0 Å². The van der Waals surface area contributed by atoms with Crippen LogP contribution in [0.15, 0.2) is 75.9 Å². The molecule has 5 rings (SSSR count). The van der Waals surface area contributed by atoms with E-state index in [1.807, 2.05) is 36.4 Å². The maximum absolute atomic E-state index is 10.9. The van der Waals surface area contributed by atoms with Gasteiger partial charge in [0, 0.05) is 44.5 Å². The Morgan fingerprint density at radius 1 is 0.865 bits per heavy atom. The van der Waals surface area contributed by atoms with Crippen molar-refractivity contribution in [2.45, 2.75) is 26.1 Å². The van der Waals surface area contributed by atoms with Crippen LogP contribution in [0.25, 0.3) is 21.8 Å². The Morgan fingerprint density at radius 3 is 1.95 bits per heavy atom. The summed E-state index contributed by atoms with van der Waals surface area (Å²) in [7, 11) is 0. The number of fused-ring (bicyclic) bond motifs is 2. The molecule has 3 aromatic heterocycles. The first-order valence-electron chi connectivity index (χ1n) is 11.3. The molecule has 2 aromatic carbocycles. The SMILES string of the molecule is Cl.O=[N+]([O-])c1ncn(CCCN(Cc2ccc3cc(Br)ccc3n2)Cc2ccc3cc(Br)ccc3n2)n1. The van der Waals surface area contributed by atoms with Crippen LogP contribution in [-0.4, -0.2) is 41.1 Å². The molecule has 0 fully saturated rings. The number of benzene rings is 2. The second kappa shape index (κ2) is 12.0. The maximum atomic E-state index is 10.9. The third kappa shape index (κ3) is 6.86. The lowest BCUT2D eigenvalue weighted by molar-refractivity contribution is -0.394. The maximum Gasteiger partial charge on any atom is 0.490 e. The highest BCUT2D eigenvalue weighted by atomic mass is 79.9. The summed E-state index contributed by atoms with van der Waals surface area (Å²) in [6, 6.07) is 20.4. The van der Waals surface area contributed by atoms with Gasteiger partial charge in [0.1, 0.15) is 0 Å². The van der Waals surface area contributed by atoms with Gasteiger partial charge in [-0.2, -0.15) is 4.68 Å². The van der Waals surface area contributed by atoms with E-state index in [2.05, 4.69) is 71.1 Å². The smallest absolute Gasteiger partial charge is 0.390 e. The summed E-state index contributed by atoms with van der Waals surface area (Å²) in [6.45, 7) is 2.54. The molecule has 0 unspecified atom stereocenters. The average Bonchev–Trinajstić information content (AvgIpc) is 3.33. The molecule has 0 N–H and O–H groups in total. The van der Waals surface area contributed by atoms with Crippen LogP contribution in [-0.2, 0) is 19.6 Å². The van der Waals surface area contributed by atoms with Crippen LogP contribution in [0.3, 0.4) is 0 Å². The van der Waals surface area contributed by atoms with Crippen LogP contribution in [0.2, 0.25) is 0 Å². The Morgan fingerprint density at radius 2 is 1.43 bits per heavy atom. The Balaban J connectivity index is 0.00000320. The number of halogens is 3. The number of hydrogen-bond acceptors (Lipinski definition) is 7. The highest BCUT2D eigenvalue weighted by Gasteiger charge is 2.15. The molecule has 12 heteroatoms. The number of pyridine rings is 2. The van der Waals surface area contributed by atoms with Crippen molar-refractivity contribution in [3.63, 3.8) is 0 Å². The van der Waals surface area contributed by atoms with Gasteiger partial charge in [-0.3, -0.25) is 14.9 Å². The number of aryl methyl sites for hydroxylation is 1. The molecule has 3 heterocycles. The number of nitro groups is 1. The lowest BCUT2D eigenvalue weighted by atomic mass is 10.2. The van der Waals surface area contributed by atoms with Crippen LogP contribution < -0.4 is 0 Å². The predicted molar refractivity (Wildman–Crippen MR) is 152 cm³/mol. The predicted octanol–water partition coefficient (Wildman–Crippen LogP) is 6.32. The van der Waals surface area contributed by atoms with Gasteiger partial charge in [-0.1, -0.05) is 49.0 Å². The molecular formula is C25H22Br2ClN7O2. The minimum atomic E-state index is -0.587. The third-order valence-electron chi connectivity index (χ3n) is 5.74. The zero-order chi connectivity index (χ0) is 25.1. The van der Waals surface area contributed by atoms with Crippen molar-refractivity contribution >= 4 is 72.0 Å². The highest BCUT2D eigenvalue weighted by Crippen LogP contribution is 2.21. The Kier molecular flexibility index (Phi) is 8.80. The van der Waals surface area contributed by atoms with Crippen LogP contribution >= 0.6 is 44.3 Å². The molecular weight excluding hydrogens is 626 g/mol. The summed E-state index contributed by atoms with van der Waals surface area (Å²) in [6.07, 6.45) is 2.14. The summed E-state index contributed by atoms with van der Waals surface area (Å²) >= 11 is 7.02. The first kappa shape index (κ1) is 27.1. The molecule has 0 amide bonds. The first-order chi connectivity index (χ1) is 17.4. The van der Waals surface area contributed by atoms with Crippen LogP contribution in [0.1, 0.15) is 17.8 Å². The Bertz CT molecular complexity index is 1480. The molecule has 5 aromatic rings. The van der Waals surface area contributed by atoms with Crippen molar-refractivity contribution in [3.05, 3.63) is 97.4 Å². The van der Waals surface area contributed by atoms with Gasteiger partial charge >= 0.3 is 5.95 Å². The Hall–Kier alpha value is -2.99. The fraction of sp³-hybridized carbons (Fsp3) is 0.200. The Labute approximate surface area is 235 Å². The molecule has 0 aliphatic heterocycles. The minimum absolute atomic E-state index is 0. The van der Waals surface area contributed by atoms with Crippen molar-refractivity contribution in [3.8, 4) is 0 Å². The minimum Gasteiger partial charge on any atom is -0.390 e. The van der Waals surface area contributed by atoms with E-state index in [4.69, 9.17) is 9.97 Å². The summed E-state index contributed by atoms with van der Waals surface area (Å²) in [4.78, 5) is 26.0. The van der Waals surface area contributed by atoms with Gasteiger partial charge in [0.25, 0.3) is 0 Å². The van der Waals surface area contributed by atoms with E-state index >= 15 is 0 Å². The summed E-state index contributed by atoms with van der Waals surface area (Å²) < 4.78 is 3.55. The lowest BCUT2D eigenvalue weighted by Gasteiger charge is -2.22. The summed E-state index contributed by atoms with van der Waals surface area (Å²) in [5, 5.41) is 16.9. The molecule has 0 bridgehead atoms. The zero-order valence-electron chi connectivity index (χ0n) is 19.5. The van der Waals surface area contributed by atoms with E-state index in [1.54, 1.807) is 0 Å². The lowest BCUT2D eigenvalue weighted by Crippen LogP contribution is -2.26. The number of hydrogen-bond donors (Lipinski definition) is 0. The molecule has 0 atom stereocenters. The molecule has 0 saturated heterocycles. The molecule has 190 valence electrons. The fourth-order valence-electron chi connectivity index (χ4n) is 4.06. The van der Waals surface area contributed by atoms with Gasteiger partial charge in [0.2, 0.25) is 6.33 Å². The monoisotopic (exact) mass is 645 g/mol. The van der Waals surface area contributed by atoms with Crippen LogP contribution in [0, 0.1) is 10.1 Å². The average molecular weight is 648 g/mol. The van der Waals surface area contributed by atoms with Gasteiger partial charge < -0.3 is 10.1 Å². The first-order valence-corrected chi connectivity index (χ1v) is 12.9. The van der Waals surface area contributed by atoms with Gasteiger partial charge in [-0.05, 0) is 59.9 Å². The molecule has 0 aliphatic rings. The van der Waals surface area contributed by atoms with E-state index in [0.29, 0.717) is 19.6 Å². The van der Waals surface area contributed by atoms with Crippen molar-refractivity contribution in [1.82, 2.24) is 29.6 Å². The van der Waals surface area contributed by atoms with Gasteiger partial charge in [-0.15, -0.1) is 12.4 Å². The van der Waals surface area contributed by atoms with E-state index in [-0.39, 0.29) is 18.4 Å². The number of nitrogens with zero attached hydrogens (tertiary/aromatic N) is 7. The molecule has 0 saturated carbocycles.